The van der Waals surface area contributed by atoms with Crippen molar-refractivity contribution in [3.63, 3.8) is 0 Å². The van der Waals surface area contributed by atoms with E-state index >= 15 is 0 Å². The topological polar surface area (TPSA) is 45.4 Å². The number of benzene rings is 1. The number of rotatable bonds is 8. The normalized spacial score (nSPS) is 16.7. The molecule has 0 N–H and O–H groups in total. The molecular weight excluding hydrogens is 324 g/mol. The Labute approximate surface area is 156 Å². The summed E-state index contributed by atoms with van der Waals surface area (Å²) in [4.78, 5) is 9.42. The molecule has 2 aromatic rings. The summed E-state index contributed by atoms with van der Waals surface area (Å²) in [6, 6.07) is 10.5. The van der Waals surface area contributed by atoms with Crippen LogP contribution in [0, 0.1) is 5.92 Å². The molecule has 140 valence electrons. The van der Waals surface area contributed by atoms with Crippen molar-refractivity contribution in [1.29, 1.82) is 0 Å². The number of aromatic nitrogens is 2. The van der Waals surface area contributed by atoms with Crippen LogP contribution in [0.15, 0.2) is 40.9 Å². The van der Waals surface area contributed by atoms with E-state index in [-0.39, 0.29) is 0 Å². The van der Waals surface area contributed by atoms with Gasteiger partial charge in [0, 0.05) is 39.1 Å². The fourth-order valence-electron chi connectivity index (χ4n) is 3.10. The van der Waals surface area contributed by atoms with Crippen LogP contribution in [0.5, 0.6) is 0 Å². The van der Waals surface area contributed by atoms with Crippen LogP contribution in [-0.2, 0) is 13.0 Å². The maximum Gasteiger partial charge on any atom is 0.240 e. The lowest BCUT2D eigenvalue weighted by molar-refractivity contribution is 0.125. The van der Waals surface area contributed by atoms with E-state index in [1.54, 1.807) is 0 Å². The molecule has 0 radical (unpaired) electrons. The molecule has 2 heterocycles. The highest BCUT2D eigenvalue weighted by Crippen LogP contribution is 2.10. The summed E-state index contributed by atoms with van der Waals surface area (Å²) in [5.41, 5.74) is 1.26. The molecule has 1 aliphatic rings. The van der Waals surface area contributed by atoms with E-state index in [1.165, 1.54) is 5.56 Å². The smallest absolute Gasteiger partial charge is 0.240 e. The van der Waals surface area contributed by atoms with Crippen LogP contribution in [-0.4, -0.2) is 52.7 Å². The molecule has 5 nitrogen and oxygen atoms in total. The van der Waals surface area contributed by atoms with Gasteiger partial charge in [-0.25, -0.2) is 0 Å². The first-order valence-electron chi connectivity index (χ1n) is 9.67. The standard InChI is InChI=1S/C21H30N4O/c1-18(2)10-11-20-22-21(26-23-20)17-25-15-13-24(14-16-25)12-6-9-19-7-4-3-5-8-19/h3-9,18H,10-17H2,1-2H3/b9-6+. The molecule has 1 saturated heterocycles. The Bertz CT molecular complexity index is 672. The fraction of sp³-hybridized carbons (Fsp3) is 0.524. The van der Waals surface area contributed by atoms with Gasteiger partial charge in [0.2, 0.25) is 5.89 Å². The molecule has 1 aromatic heterocycles. The van der Waals surface area contributed by atoms with Crippen LogP contribution in [0.2, 0.25) is 0 Å². The Hall–Kier alpha value is -1.98. The summed E-state index contributed by atoms with van der Waals surface area (Å²) in [6.07, 6.45) is 6.46. The van der Waals surface area contributed by atoms with E-state index in [0.717, 1.165) is 63.8 Å². The summed E-state index contributed by atoms with van der Waals surface area (Å²) in [7, 11) is 0. The van der Waals surface area contributed by atoms with Crippen LogP contribution < -0.4 is 0 Å². The van der Waals surface area contributed by atoms with Crippen LogP contribution in [0.4, 0.5) is 0 Å². The van der Waals surface area contributed by atoms with Gasteiger partial charge in [0.15, 0.2) is 5.82 Å². The van der Waals surface area contributed by atoms with E-state index in [4.69, 9.17) is 4.52 Å². The summed E-state index contributed by atoms with van der Waals surface area (Å²) < 4.78 is 5.41. The van der Waals surface area contributed by atoms with Crippen LogP contribution in [0.1, 0.15) is 37.5 Å². The first-order chi connectivity index (χ1) is 12.7. The van der Waals surface area contributed by atoms with Crippen molar-refractivity contribution in [2.24, 2.45) is 5.92 Å². The summed E-state index contributed by atoms with van der Waals surface area (Å²) in [5.74, 6) is 2.26. The molecule has 1 aliphatic heterocycles. The highest BCUT2D eigenvalue weighted by Gasteiger charge is 2.18. The molecule has 0 unspecified atom stereocenters. The zero-order chi connectivity index (χ0) is 18.2. The Morgan fingerprint density at radius 3 is 2.54 bits per heavy atom. The molecule has 0 spiro atoms. The maximum atomic E-state index is 5.41. The molecule has 0 atom stereocenters. The Morgan fingerprint density at radius 2 is 1.81 bits per heavy atom. The molecule has 0 bridgehead atoms. The predicted molar refractivity (Wildman–Crippen MR) is 105 cm³/mol. The quantitative estimate of drug-likeness (QED) is 0.726. The monoisotopic (exact) mass is 354 g/mol. The van der Waals surface area contributed by atoms with E-state index in [0.29, 0.717) is 5.92 Å². The van der Waals surface area contributed by atoms with E-state index in [1.807, 2.05) is 6.07 Å². The summed E-state index contributed by atoms with van der Waals surface area (Å²) in [5, 5.41) is 4.11. The molecule has 1 aromatic carbocycles. The van der Waals surface area contributed by atoms with Crippen molar-refractivity contribution >= 4 is 6.08 Å². The van der Waals surface area contributed by atoms with Gasteiger partial charge in [0.05, 0.1) is 6.54 Å². The highest BCUT2D eigenvalue weighted by atomic mass is 16.5. The molecule has 1 fully saturated rings. The lowest BCUT2D eigenvalue weighted by Crippen LogP contribution is -2.45. The number of hydrogen-bond acceptors (Lipinski definition) is 5. The van der Waals surface area contributed by atoms with Gasteiger partial charge in [0.25, 0.3) is 0 Å². The average molecular weight is 354 g/mol. The number of nitrogens with zero attached hydrogens (tertiary/aromatic N) is 4. The fourth-order valence-corrected chi connectivity index (χ4v) is 3.10. The molecule has 26 heavy (non-hydrogen) atoms. The lowest BCUT2D eigenvalue weighted by atomic mass is 10.1. The van der Waals surface area contributed by atoms with Crippen molar-refractivity contribution in [3.05, 3.63) is 53.7 Å². The SMILES string of the molecule is CC(C)CCc1noc(CN2CCN(C/C=C/c3ccccc3)CC2)n1. The second kappa shape index (κ2) is 9.64. The Morgan fingerprint density at radius 1 is 1.08 bits per heavy atom. The minimum atomic E-state index is 0.668. The molecule has 0 amide bonds. The number of piperazine rings is 1. The number of aryl methyl sites for hydroxylation is 1. The third-order valence-corrected chi connectivity index (χ3v) is 4.75. The minimum Gasteiger partial charge on any atom is -0.338 e. The summed E-state index contributed by atoms with van der Waals surface area (Å²) in [6.45, 7) is 10.4. The Balaban J connectivity index is 1.38. The molecule has 0 aliphatic carbocycles. The van der Waals surface area contributed by atoms with Gasteiger partial charge in [-0.2, -0.15) is 4.98 Å². The lowest BCUT2D eigenvalue weighted by Gasteiger charge is -2.33. The zero-order valence-electron chi connectivity index (χ0n) is 16.0. The molecular formula is C21H30N4O. The van der Waals surface area contributed by atoms with Gasteiger partial charge < -0.3 is 4.52 Å². The van der Waals surface area contributed by atoms with Gasteiger partial charge >= 0.3 is 0 Å². The van der Waals surface area contributed by atoms with E-state index < -0.39 is 0 Å². The van der Waals surface area contributed by atoms with Crippen molar-refractivity contribution in [2.75, 3.05) is 32.7 Å². The van der Waals surface area contributed by atoms with Crippen molar-refractivity contribution in [3.8, 4) is 0 Å². The van der Waals surface area contributed by atoms with E-state index in [9.17, 15) is 0 Å². The molecule has 3 rings (SSSR count). The first kappa shape index (κ1) is 18.8. The molecule has 5 heteroatoms. The van der Waals surface area contributed by atoms with Gasteiger partial charge in [-0.05, 0) is 17.9 Å². The maximum absolute atomic E-state index is 5.41. The van der Waals surface area contributed by atoms with Crippen LogP contribution >= 0.6 is 0 Å². The predicted octanol–water partition coefficient (Wildman–Crippen LogP) is 3.49. The van der Waals surface area contributed by atoms with Crippen molar-refractivity contribution in [2.45, 2.75) is 33.2 Å². The second-order valence-corrected chi connectivity index (χ2v) is 7.43. The molecule has 0 saturated carbocycles. The average Bonchev–Trinajstić information content (AvgIpc) is 3.10. The van der Waals surface area contributed by atoms with Crippen molar-refractivity contribution < 1.29 is 4.52 Å². The van der Waals surface area contributed by atoms with Gasteiger partial charge in [0.1, 0.15) is 0 Å². The number of hydrogen-bond donors (Lipinski definition) is 0. The van der Waals surface area contributed by atoms with Gasteiger partial charge in [-0.3, -0.25) is 9.80 Å². The highest BCUT2D eigenvalue weighted by molar-refractivity contribution is 5.48. The summed E-state index contributed by atoms with van der Waals surface area (Å²) >= 11 is 0. The Kier molecular flexibility index (Phi) is 6.97. The first-order valence-corrected chi connectivity index (χ1v) is 9.67. The van der Waals surface area contributed by atoms with Gasteiger partial charge in [-0.1, -0.05) is 61.5 Å². The van der Waals surface area contributed by atoms with Crippen LogP contribution in [0.25, 0.3) is 6.08 Å². The third-order valence-electron chi connectivity index (χ3n) is 4.75. The zero-order valence-corrected chi connectivity index (χ0v) is 16.0. The second-order valence-electron chi connectivity index (χ2n) is 7.43. The minimum absolute atomic E-state index is 0.668. The van der Waals surface area contributed by atoms with Gasteiger partial charge in [-0.15, -0.1) is 0 Å². The van der Waals surface area contributed by atoms with E-state index in [2.05, 4.69) is 70.2 Å². The van der Waals surface area contributed by atoms with Crippen LogP contribution in [0.3, 0.4) is 0 Å². The van der Waals surface area contributed by atoms with Crippen molar-refractivity contribution in [1.82, 2.24) is 19.9 Å². The largest absolute Gasteiger partial charge is 0.338 e. The third kappa shape index (κ3) is 6.07.